The fourth-order valence-corrected chi connectivity index (χ4v) is 2.69. The van der Waals surface area contributed by atoms with Crippen molar-refractivity contribution in [3.63, 3.8) is 0 Å². The zero-order valence-electron chi connectivity index (χ0n) is 8.23. The normalized spacial score (nSPS) is 33.8. The molecule has 84 valence electrons. The molecule has 0 aliphatic carbocycles. The van der Waals surface area contributed by atoms with Gasteiger partial charge in [0.05, 0.1) is 6.04 Å². The summed E-state index contributed by atoms with van der Waals surface area (Å²) in [7, 11) is 0. The smallest absolute Gasteiger partial charge is 0.263 e. The first-order valence-corrected chi connectivity index (χ1v) is 5.44. The Morgan fingerprint density at radius 1 is 1.33 bits per heavy atom. The Balaban J connectivity index is 0.000000853. The molecule has 1 unspecified atom stereocenters. The number of fused-ring (bicyclic) bond motifs is 3. The average molecular weight is 250 g/mol. The first kappa shape index (κ1) is 11.2. The molecule has 0 radical (unpaired) electrons. The first-order chi connectivity index (χ1) is 6.83. The van der Waals surface area contributed by atoms with Gasteiger partial charge in [0.1, 0.15) is 0 Å². The second-order valence-corrected chi connectivity index (χ2v) is 4.47. The van der Waals surface area contributed by atoms with Crippen LogP contribution < -0.4 is 0 Å². The van der Waals surface area contributed by atoms with Crippen molar-refractivity contribution in [1.29, 1.82) is 0 Å². The van der Waals surface area contributed by atoms with Gasteiger partial charge < -0.3 is 4.52 Å². The Hall–Kier alpha value is -0.320. The number of hydrogen-bond acceptors (Lipinski definition) is 4. The van der Waals surface area contributed by atoms with Crippen molar-refractivity contribution >= 4 is 24.0 Å². The summed E-state index contributed by atoms with van der Waals surface area (Å²) in [5.41, 5.74) is 0. The van der Waals surface area contributed by atoms with Gasteiger partial charge in [0.15, 0.2) is 0 Å². The summed E-state index contributed by atoms with van der Waals surface area (Å²) >= 11 is 5.65. The molecule has 0 amide bonds. The van der Waals surface area contributed by atoms with Crippen LogP contribution >= 0.6 is 24.0 Å². The van der Waals surface area contributed by atoms with Gasteiger partial charge in [-0.05, 0) is 55.0 Å². The van der Waals surface area contributed by atoms with Gasteiger partial charge in [-0.25, -0.2) is 0 Å². The minimum atomic E-state index is 0. The van der Waals surface area contributed by atoms with E-state index >= 15 is 0 Å². The van der Waals surface area contributed by atoms with Crippen LogP contribution in [0.25, 0.3) is 0 Å². The van der Waals surface area contributed by atoms with Crippen LogP contribution in [0.1, 0.15) is 31.2 Å². The maximum Gasteiger partial charge on any atom is 0.263 e. The predicted octanol–water partition coefficient (Wildman–Crippen LogP) is 2.30. The Morgan fingerprint density at radius 3 is 2.53 bits per heavy atom. The molecule has 1 aromatic rings. The molecule has 3 aliphatic rings. The van der Waals surface area contributed by atoms with Gasteiger partial charge in [0.25, 0.3) is 5.28 Å². The second kappa shape index (κ2) is 4.28. The van der Waals surface area contributed by atoms with Crippen LogP contribution in [0.3, 0.4) is 0 Å². The third-order valence-corrected chi connectivity index (χ3v) is 3.50. The zero-order chi connectivity index (χ0) is 9.54. The van der Waals surface area contributed by atoms with E-state index in [4.69, 9.17) is 16.1 Å². The van der Waals surface area contributed by atoms with Crippen molar-refractivity contribution in [2.75, 3.05) is 13.1 Å². The molecule has 15 heavy (non-hydrogen) atoms. The molecule has 0 saturated carbocycles. The SMILES string of the molecule is Cl.Clc1noc(C2CC3CCN2CC3)n1. The van der Waals surface area contributed by atoms with E-state index in [0.717, 1.165) is 25.4 Å². The third kappa shape index (κ3) is 1.98. The van der Waals surface area contributed by atoms with Crippen LogP contribution in [0.2, 0.25) is 5.28 Å². The Morgan fingerprint density at radius 2 is 2.07 bits per heavy atom. The van der Waals surface area contributed by atoms with Crippen LogP contribution in [-0.2, 0) is 0 Å². The second-order valence-electron chi connectivity index (χ2n) is 4.13. The summed E-state index contributed by atoms with van der Waals surface area (Å²) in [6, 6.07) is 0.322. The quantitative estimate of drug-likeness (QED) is 0.766. The highest BCUT2D eigenvalue weighted by atomic mass is 35.5. The average Bonchev–Trinajstić information content (AvgIpc) is 2.66. The minimum absolute atomic E-state index is 0. The van der Waals surface area contributed by atoms with Gasteiger partial charge >= 0.3 is 0 Å². The number of piperidine rings is 3. The van der Waals surface area contributed by atoms with Crippen LogP contribution in [0.5, 0.6) is 0 Å². The monoisotopic (exact) mass is 249 g/mol. The molecule has 0 spiro atoms. The van der Waals surface area contributed by atoms with Gasteiger partial charge in [0.2, 0.25) is 5.89 Å². The molecule has 6 heteroatoms. The highest BCUT2D eigenvalue weighted by Gasteiger charge is 2.37. The van der Waals surface area contributed by atoms with Gasteiger partial charge in [-0.15, -0.1) is 12.4 Å². The summed E-state index contributed by atoms with van der Waals surface area (Å²) in [4.78, 5) is 6.52. The summed E-state index contributed by atoms with van der Waals surface area (Å²) in [6.45, 7) is 2.32. The topological polar surface area (TPSA) is 42.2 Å². The number of hydrogen-bond donors (Lipinski definition) is 0. The molecular weight excluding hydrogens is 237 g/mol. The van der Waals surface area contributed by atoms with E-state index in [-0.39, 0.29) is 17.7 Å². The molecule has 3 aliphatic heterocycles. The molecule has 0 N–H and O–H groups in total. The van der Waals surface area contributed by atoms with E-state index < -0.39 is 0 Å². The third-order valence-electron chi connectivity index (χ3n) is 3.35. The van der Waals surface area contributed by atoms with Gasteiger partial charge in [0, 0.05) is 0 Å². The summed E-state index contributed by atoms with van der Waals surface area (Å²) in [5.74, 6) is 1.54. The number of nitrogens with zero attached hydrogens (tertiary/aromatic N) is 3. The van der Waals surface area contributed by atoms with Crippen molar-refractivity contribution in [2.45, 2.75) is 25.3 Å². The Labute approximate surface area is 99.4 Å². The molecule has 4 rings (SSSR count). The number of aromatic nitrogens is 2. The van der Waals surface area contributed by atoms with Crippen LogP contribution in [0, 0.1) is 5.92 Å². The molecule has 2 bridgehead atoms. The van der Waals surface area contributed by atoms with Gasteiger partial charge in [-0.1, -0.05) is 0 Å². The molecule has 3 fully saturated rings. The van der Waals surface area contributed by atoms with E-state index in [1.807, 2.05) is 0 Å². The Kier molecular flexibility index (Phi) is 3.19. The van der Waals surface area contributed by atoms with E-state index in [2.05, 4.69) is 15.0 Å². The van der Waals surface area contributed by atoms with Crippen molar-refractivity contribution in [3.8, 4) is 0 Å². The summed E-state index contributed by atoms with van der Waals surface area (Å²) in [6.07, 6.45) is 3.79. The maximum atomic E-state index is 5.65. The van der Waals surface area contributed by atoms with Crippen LogP contribution in [0.15, 0.2) is 4.52 Å². The highest BCUT2D eigenvalue weighted by molar-refractivity contribution is 6.28. The summed E-state index contributed by atoms with van der Waals surface area (Å²) in [5, 5.41) is 3.85. The largest absolute Gasteiger partial charge is 0.336 e. The zero-order valence-corrected chi connectivity index (χ0v) is 9.80. The molecule has 0 aromatic carbocycles. The predicted molar refractivity (Wildman–Crippen MR) is 58.2 cm³/mol. The van der Waals surface area contributed by atoms with E-state index in [9.17, 15) is 0 Å². The van der Waals surface area contributed by atoms with Gasteiger partial charge in [-0.2, -0.15) is 4.98 Å². The molecule has 4 heterocycles. The lowest BCUT2D eigenvalue weighted by Crippen LogP contribution is -2.43. The van der Waals surface area contributed by atoms with E-state index in [1.54, 1.807) is 0 Å². The molecular formula is C9H13Cl2N3O. The molecule has 3 saturated heterocycles. The van der Waals surface area contributed by atoms with Crippen LogP contribution in [-0.4, -0.2) is 28.1 Å². The number of halogens is 2. The van der Waals surface area contributed by atoms with E-state index in [0.29, 0.717) is 11.9 Å². The first-order valence-electron chi connectivity index (χ1n) is 5.06. The van der Waals surface area contributed by atoms with Crippen molar-refractivity contribution < 1.29 is 4.52 Å². The minimum Gasteiger partial charge on any atom is -0.336 e. The highest BCUT2D eigenvalue weighted by Crippen LogP contribution is 2.39. The molecule has 1 atom stereocenters. The molecule has 1 aromatic heterocycles. The Bertz CT molecular complexity index is 336. The fraction of sp³-hybridized carbons (Fsp3) is 0.778. The molecule has 4 nitrogen and oxygen atoms in total. The van der Waals surface area contributed by atoms with Crippen LogP contribution in [0.4, 0.5) is 0 Å². The lowest BCUT2D eigenvalue weighted by molar-refractivity contribution is 0.0317. The van der Waals surface area contributed by atoms with Crippen molar-refractivity contribution in [1.82, 2.24) is 15.0 Å². The van der Waals surface area contributed by atoms with Gasteiger partial charge in [-0.3, -0.25) is 4.90 Å². The maximum absolute atomic E-state index is 5.65. The lowest BCUT2D eigenvalue weighted by Gasteiger charge is -2.43. The standard InChI is InChI=1S/C9H12ClN3O.ClH/c10-9-11-8(14-12-9)7-5-6-1-3-13(7)4-2-6;/h6-7H,1-5H2;1H. The van der Waals surface area contributed by atoms with Crippen molar-refractivity contribution in [2.24, 2.45) is 5.92 Å². The summed E-state index contributed by atoms with van der Waals surface area (Å²) < 4.78 is 5.12. The van der Waals surface area contributed by atoms with Crippen molar-refractivity contribution in [3.05, 3.63) is 11.2 Å². The lowest BCUT2D eigenvalue weighted by atomic mass is 9.83. The fourth-order valence-electron chi connectivity index (χ4n) is 2.57. The number of rotatable bonds is 1. The van der Waals surface area contributed by atoms with E-state index in [1.165, 1.54) is 12.8 Å².